The first-order valence-corrected chi connectivity index (χ1v) is 11.2. The van der Waals surface area contributed by atoms with E-state index in [-0.39, 0.29) is 48.1 Å². The fourth-order valence-corrected chi connectivity index (χ4v) is 5.81. The van der Waals surface area contributed by atoms with E-state index in [4.69, 9.17) is 4.74 Å². The molecule has 1 amide bonds. The predicted octanol–water partition coefficient (Wildman–Crippen LogP) is 2.91. The van der Waals surface area contributed by atoms with Gasteiger partial charge < -0.3 is 14.7 Å². The Bertz CT molecular complexity index is 502. The predicted molar refractivity (Wildman–Crippen MR) is 107 cm³/mol. The molecule has 0 aromatic carbocycles. The van der Waals surface area contributed by atoms with Gasteiger partial charge in [-0.05, 0) is 57.8 Å². The molecule has 0 radical (unpaired) electrons. The molecule has 2 aliphatic heterocycles. The van der Waals surface area contributed by atoms with E-state index in [1.165, 1.54) is 0 Å². The standard InChI is InChI=1S/C22H40N2O3/c1-14(2)21(23-12-16(4)27-17(5)13-23)22(26)24-10-6-7-19(24)18-11-15(3)8-9-20(18)25/h14-21,25H,6-13H2,1-5H3. The van der Waals surface area contributed by atoms with Crippen molar-refractivity contribution in [3.05, 3.63) is 0 Å². The Morgan fingerprint density at radius 3 is 2.37 bits per heavy atom. The molecule has 1 aliphatic carbocycles. The third-order valence-electron chi connectivity index (χ3n) is 6.93. The van der Waals surface area contributed by atoms with Crippen LogP contribution in [0.4, 0.5) is 0 Å². The van der Waals surface area contributed by atoms with E-state index in [1.54, 1.807) is 0 Å². The van der Waals surface area contributed by atoms with Crippen LogP contribution >= 0.6 is 0 Å². The van der Waals surface area contributed by atoms with Crippen LogP contribution in [-0.2, 0) is 9.53 Å². The van der Waals surface area contributed by atoms with Gasteiger partial charge in [0.15, 0.2) is 0 Å². The number of hydrogen-bond acceptors (Lipinski definition) is 4. The Morgan fingerprint density at radius 1 is 1.07 bits per heavy atom. The Hall–Kier alpha value is -0.650. The summed E-state index contributed by atoms with van der Waals surface area (Å²) in [5.74, 6) is 1.44. The molecule has 1 N–H and O–H groups in total. The maximum Gasteiger partial charge on any atom is 0.240 e. The Kier molecular flexibility index (Phi) is 6.86. The molecule has 0 spiro atoms. The van der Waals surface area contributed by atoms with E-state index in [9.17, 15) is 9.90 Å². The van der Waals surface area contributed by atoms with E-state index in [0.29, 0.717) is 5.92 Å². The number of rotatable bonds is 4. The molecule has 0 aromatic heterocycles. The van der Waals surface area contributed by atoms with E-state index < -0.39 is 0 Å². The summed E-state index contributed by atoms with van der Waals surface area (Å²) in [7, 11) is 0. The van der Waals surface area contributed by atoms with Crippen molar-refractivity contribution in [3.8, 4) is 0 Å². The minimum Gasteiger partial charge on any atom is -0.393 e. The topological polar surface area (TPSA) is 53.0 Å². The molecule has 2 heterocycles. The van der Waals surface area contributed by atoms with Gasteiger partial charge in [-0.15, -0.1) is 0 Å². The summed E-state index contributed by atoms with van der Waals surface area (Å²) in [6, 6.07) is 0.130. The molecule has 3 rings (SSSR count). The number of amides is 1. The average molecular weight is 381 g/mol. The molecule has 5 heteroatoms. The lowest BCUT2D eigenvalue weighted by Gasteiger charge is -2.45. The van der Waals surface area contributed by atoms with Gasteiger partial charge in [-0.25, -0.2) is 0 Å². The lowest BCUT2D eigenvalue weighted by Crippen LogP contribution is -2.59. The van der Waals surface area contributed by atoms with Crippen LogP contribution in [0.25, 0.3) is 0 Å². The monoisotopic (exact) mass is 380 g/mol. The van der Waals surface area contributed by atoms with Crippen LogP contribution in [0.5, 0.6) is 0 Å². The van der Waals surface area contributed by atoms with E-state index >= 15 is 0 Å². The van der Waals surface area contributed by atoms with Gasteiger partial charge in [0.25, 0.3) is 0 Å². The number of aliphatic hydroxyl groups is 1. The summed E-state index contributed by atoms with van der Waals surface area (Å²) >= 11 is 0. The smallest absolute Gasteiger partial charge is 0.240 e. The van der Waals surface area contributed by atoms with E-state index in [2.05, 4.69) is 44.4 Å². The number of morpholine rings is 1. The van der Waals surface area contributed by atoms with Gasteiger partial charge in [-0.1, -0.05) is 20.8 Å². The molecule has 0 bridgehead atoms. The van der Waals surface area contributed by atoms with Crippen molar-refractivity contribution >= 4 is 5.91 Å². The first kappa shape index (κ1) is 21.1. The van der Waals surface area contributed by atoms with Crippen molar-refractivity contribution in [3.63, 3.8) is 0 Å². The molecule has 0 aromatic rings. The number of ether oxygens (including phenoxy) is 1. The van der Waals surface area contributed by atoms with E-state index in [0.717, 1.165) is 51.7 Å². The summed E-state index contributed by atoms with van der Waals surface area (Å²) < 4.78 is 5.89. The van der Waals surface area contributed by atoms with Crippen molar-refractivity contribution in [2.75, 3.05) is 19.6 Å². The second-order valence-electron chi connectivity index (χ2n) is 9.79. The zero-order chi connectivity index (χ0) is 19.7. The quantitative estimate of drug-likeness (QED) is 0.815. The van der Waals surface area contributed by atoms with Crippen molar-refractivity contribution < 1.29 is 14.6 Å². The second-order valence-corrected chi connectivity index (χ2v) is 9.79. The molecular formula is C22H40N2O3. The van der Waals surface area contributed by atoms with Crippen molar-refractivity contribution in [2.24, 2.45) is 17.8 Å². The van der Waals surface area contributed by atoms with Crippen LogP contribution in [-0.4, -0.2) is 70.8 Å². The highest BCUT2D eigenvalue weighted by molar-refractivity contribution is 5.83. The normalized spacial score (nSPS) is 39.7. The minimum atomic E-state index is -0.250. The summed E-state index contributed by atoms with van der Waals surface area (Å²) in [4.78, 5) is 18.2. The number of nitrogens with zero attached hydrogens (tertiary/aromatic N) is 2. The third-order valence-corrected chi connectivity index (χ3v) is 6.93. The van der Waals surface area contributed by atoms with Gasteiger partial charge in [-0.2, -0.15) is 0 Å². The maximum atomic E-state index is 13.7. The zero-order valence-electron chi connectivity index (χ0n) is 17.9. The molecule has 3 fully saturated rings. The highest BCUT2D eigenvalue weighted by atomic mass is 16.5. The maximum absolute atomic E-state index is 13.7. The molecule has 3 aliphatic rings. The number of carbonyl (C=O) groups excluding carboxylic acids is 1. The number of likely N-dealkylation sites (tertiary alicyclic amines) is 1. The first-order valence-electron chi connectivity index (χ1n) is 11.2. The number of carbonyl (C=O) groups is 1. The molecule has 5 nitrogen and oxygen atoms in total. The lowest BCUT2D eigenvalue weighted by atomic mass is 9.76. The first-order chi connectivity index (χ1) is 12.8. The van der Waals surface area contributed by atoms with Crippen LogP contribution in [0.2, 0.25) is 0 Å². The highest BCUT2D eigenvalue weighted by Crippen LogP contribution is 2.38. The minimum absolute atomic E-state index is 0.0856. The van der Waals surface area contributed by atoms with Crippen LogP contribution < -0.4 is 0 Å². The van der Waals surface area contributed by atoms with Crippen LogP contribution in [0.15, 0.2) is 0 Å². The molecule has 156 valence electrons. The SMILES string of the molecule is CC1CCC(O)C(C2CCCN2C(=O)C(C(C)C)N2CC(C)OC(C)C2)C1. The lowest BCUT2D eigenvalue weighted by molar-refractivity contribution is -0.148. The zero-order valence-corrected chi connectivity index (χ0v) is 17.9. The number of aliphatic hydroxyl groups excluding tert-OH is 1. The molecular weight excluding hydrogens is 340 g/mol. The van der Waals surface area contributed by atoms with Crippen molar-refractivity contribution in [1.29, 1.82) is 0 Å². The van der Waals surface area contributed by atoms with Gasteiger partial charge in [0.05, 0.1) is 24.4 Å². The molecule has 2 saturated heterocycles. The largest absolute Gasteiger partial charge is 0.393 e. The Balaban J connectivity index is 1.76. The fraction of sp³-hybridized carbons (Fsp3) is 0.955. The summed E-state index contributed by atoms with van der Waals surface area (Å²) in [5.41, 5.74) is 0. The number of hydrogen-bond donors (Lipinski definition) is 1. The Labute approximate surface area is 165 Å². The van der Waals surface area contributed by atoms with E-state index in [1.807, 2.05) is 0 Å². The second kappa shape index (κ2) is 8.79. The Morgan fingerprint density at radius 2 is 1.74 bits per heavy atom. The van der Waals surface area contributed by atoms with Crippen molar-refractivity contribution in [2.45, 2.75) is 97.1 Å². The molecule has 27 heavy (non-hydrogen) atoms. The summed E-state index contributed by atoms with van der Waals surface area (Å²) in [6.07, 6.45) is 5.23. The van der Waals surface area contributed by atoms with Gasteiger partial charge >= 0.3 is 0 Å². The fourth-order valence-electron chi connectivity index (χ4n) is 5.81. The highest BCUT2D eigenvalue weighted by Gasteiger charge is 2.44. The average Bonchev–Trinajstić information content (AvgIpc) is 3.05. The van der Waals surface area contributed by atoms with Gasteiger partial charge in [0.2, 0.25) is 5.91 Å². The van der Waals surface area contributed by atoms with Crippen LogP contribution in [0.3, 0.4) is 0 Å². The molecule has 7 unspecified atom stereocenters. The van der Waals surface area contributed by atoms with Crippen LogP contribution in [0.1, 0.15) is 66.7 Å². The summed E-state index contributed by atoms with van der Waals surface area (Å²) in [6.45, 7) is 13.3. The van der Waals surface area contributed by atoms with Gasteiger partial charge in [0.1, 0.15) is 0 Å². The van der Waals surface area contributed by atoms with Crippen LogP contribution in [0, 0.1) is 17.8 Å². The summed E-state index contributed by atoms with van der Waals surface area (Å²) in [5, 5.41) is 10.6. The molecule has 1 saturated carbocycles. The van der Waals surface area contributed by atoms with Gasteiger partial charge in [0, 0.05) is 31.6 Å². The third kappa shape index (κ3) is 4.68. The van der Waals surface area contributed by atoms with Gasteiger partial charge in [-0.3, -0.25) is 9.69 Å². The van der Waals surface area contributed by atoms with Crippen molar-refractivity contribution in [1.82, 2.24) is 9.80 Å². The molecule has 7 atom stereocenters.